The zero-order chi connectivity index (χ0) is 13.8. The van der Waals surface area contributed by atoms with Crippen LogP contribution in [0.2, 0.25) is 0 Å². The topological polar surface area (TPSA) is 43.4 Å². The first-order chi connectivity index (χ1) is 9.86. The minimum Gasteiger partial charge on any atom is -0.496 e. The third-order valence-corrected chi connectivity index (χ3v) is 3.48. The predicted molar refractivity (Wildman–Crippen MR) is 77.9 cm³/mol. The molecule has 1 aliphatic heterocycles. The van der Waals surface area contributed by atoms with Crippen molar-refractivity contribution >= 4 is 5.69 Å². The molecule has 3 rings (SSSR count). The van der Waals surface area contributed by atoms with Crippen molar-refractivity contribution in [1.82, 2.24) is 4.98 Å². The summed E-state index contributed by atoms with van der Waals surface area (Å²) in [7, 11) is 1.69. The summed E-state index contributed by atoms with van der Waals surface area (Å²) in [4.78, 5) is 4.50. The fourth-order valence-electron chi connectivity index (χ4n) is 2.38. The first kappa shape index (κ1) is 12.9. The fourth-order valence-corrected chi connectivity index (χ4v) is 2.38. The third-order valence-electron chi connectivity index (χ3n) is 3.48. The molecule has 0 bridgehead atoms. The van der Waals surface area contributed by atoms with Crippen LogP contribution in [0.3, 0.4) is 0 Å². The third kappa shape index (κ3) is 2.75. The summed E-state index contributed by atoms with van der Waals surface area (Å²) in [6, 6.07) is 10.1. The number of anilines is 1. The zero-order valence-electron chi connectivity index (χ0n) is 11.6. The number of nitrogens with zero attached hydrogens (tertiary/aromatic N) is 1. The Morgan fingerprint density at radius 3 is 3.15 bits per heavy atom. The maximum Gasteiger partial charge on any atom is 0.123 e. The predicted octanol–water partition coefficient (Wildman–Crippen LogP) is 2.78. The number of pyridine rings is 1. The van der Waals surface area contributed by atoms with E-state index >= 15 is 0 Å². The number of aromatic nitrogens is 1. The van der Waals surface area contributed by atoms with Gasteiger partial charge in [-0.2, -0.15) is 0 Å². The molecule has 1 aliphatic rings. The van der Waals surface area contributed by atoms with E-state index in [0.29, 0.717) is 13.2 Å². The lowest BCUT2D eigenvalue weighted by molar-refractivity contribution is 0.109. The van der Waals surface area contributed by atoms with Crippen molar-refractivity contribution in [3.05, 3.63) is 53.3 Å². The summed E-state index contributed by atoms with van der Waals surface area (Å²) in [6.07, 6.45) is 2.79. The molecule has 0 amide bonds. The molecule has 0 unspecified atom stereocenters. The summed E-state index contributed by atoms with van der Waals surface area (Å²) in [5.41, 5.74) is 4.48. The SMILES string of the molecule is COc1ccccc1CNc1cnc2c(c1)COCC2. The number of ether oxygens (including phenoxy) is 2. The van der Waals surface area contributed by atoms with Gasteiger partial charge in [0.25, 0.3) is 0 Å². The summed E-state index contributed by atoms with van der Waals surface area (Å²) < 4.78 is 10.8. The molecular formula is C16H18N2O2. The van der Waals surface area contributed by atoms with Crippen LogP contribution in [-0.2, 0) is 24.3 Å². The molecule has 104 valence electrons. The Morgan fingerprint density at radius 2 is 2.25 bits per heavy atom. The van der Waals surface area contributed by atoms with Crippen LogP contribution in [0.15, 0.2) is 36.5 Å². The zero-order valence-corrected chi connectivity index (χ0v) is 11.6. The van der Waals surface area contributed by atoms with E-state index in [2.05, 4.69) is 22.4 Å². The summed E-state index contributed by atoms with van der Waals surface area (Å²) in [6.45, 7) is 2.14. The fraction of sp³-hybridized carbons (Fsp3) is 0.312. The lowest BCUT2D eigenvalue weighted by Crippen LogP contribution is -2.12. The highest BCUT2D eigenvalue weighted by Crippen LogP contribution is 2.21. The van der Waals surface area contributed by atoms with E-state index in [4.69, 9.17) is 9.47 Å². The lowest BCUT2D eigenvalue weighted by Gasteiger charge is -2.17. The average molecular weight is 270 g/mol. The van der Waals surface area contributed by atoms with Crippen LogP contribution in [0.1, 0.15) is 16.8 Å². The van der Waals surface area contributed by atoms with Crippen molar-refractivity contribution in [2.75, 3.05) is 19.0 Å². The van der Waals surface area contributed by atoms with Gasteiger partial charge in [-0.05, 0) is 12.1 Å². The van der Waals surface area contributed by atoms with E-state index < -0.39 is 0 Å². The molecule has 2 aromatic rings. The van der Waals surface area contributed by atoms with E-state index in [1.54, 1.807) is 7.11 Å². The number of methoxy groups -OCH3 is 1. The number of hydrogen-bond donors (Lipinski definition) is 1. The van der Waals surface area contributed by atoms with E-state index in [1.165, 1.54) is 5.56 Å². The van der Waals surface area contributed by atoms with Gasteiger partial charge in [0.15, 0.2) is 0 Å². The Hall–Kier alpha value is -2.07. The molecule has 0 saturated carbocycles. The van der Waals surface area contributed by atoms with Crippen LogP contribution in [0.5, 0.6) is 5.75 Å². The summed E-state index contributed by atoms with van der Waals surface area (Å²) >= 11 is 0. The second kappa shape index (κ2) is 5.92. The lowest BCUT2D eigenvalue weighted by atomic mass is 10.1. The van der Waals surface area contributed by atoms with Crippen LogP contribution >= 0.6 is 0 Å². The molecule has 4 nitrogen and oxygen atoms in total. The van der Waals surface area contributed by atoms with Gasteiger partial charge in [0.1, 0.15) is 5.75 Å². The Labute approximate surface area is 118 Å². The molecule has 20 heavy (non-hydrogen) atoms. The van der Waals surface area contributed by atoms with Gasteiger partial charge in [-0.15, -0.1) is 0 Å². The number of rotatable bonds is 4. The van der Waals surface area contributed by atoms with Crippen molar-refractivity contribution in [1.29, 1.82) is 0 Å². The smallest absolute Gasteiger partial charge is 0.123 e. The van der Waals surface area contributed by atoms with Crippen molar-refractivity contribution in [2.24, 2.45) is 0 Å². The molecule has 2 heterocycles. The number of hydrogen-bond acceptors (Lipinski definition) is 4. The van der Waals surface area contributed by atoms with Crippen LogP contribution in [0.25, 0.3) is 0 Å². The number of nitrogens with one attached hydrogen (secondary N) is 1. The Morgan fingerprint density at radius 1 is 1.35 bits per heavy atom. The normalized spacial score (nSPS) is 13.7. The highest BCUT2D eigenvalue weighted by molar-refractivity contribution is 5.47. The highest BCUT2D eigenvalue weighted by atomic mass is 16.5. The molecule has 0 fully saturated rings. The molecule has 0 atom stereocenters. The maximum absolute atomic E-state index is 5.46. The Balaban J connectivity index is 1.72. The second-order valence-corrected chi connectivity index (χ2v) is 4.80. The second-order valence-electron chi connectivity index (χ2n) is 4.80. The van der Waals surface area contributed by atoms with Crippen molar-refractivity contribution in [2.45, 2.75) is 19.6 Å². The molecular weight excluding hydrogens is 252 g/mol. The van der Waals surface area contributed by atoms with Gasteiger partial charge in [0.05, 0.1) is 32.2 Å². The Bertz CT molecular complexity index is 599. The van der Waals surface area contributed by atoms with Crippen molar-refractivity contribution in [3.8, 4) is 5.75 Å². The van der Waals surface area contributed by atoms with Gasteiger partial charge in [-0.1, -0.05) is 18.2 Å². The monoisotopic (exact) mass is 270 g/mol. The van der Waals surface area contributed by atoms with Gasteiger partial charge in [-0.3, -0.25) is 4.98 Å². The summed E-state index contributed by atoms with van der Waals surface area (Å²) in [5, 5.41) is 3.39. The van der Waals surface area contributed by atoms with Gasteiger partial charge in [-0.25, -0.2) is 0 Å². The van der Waals surface area contributed by atoms with Crippen LogP contribution in [-0.4, -0.2) is 18.7 Å². The van der Waals surface area contributed by atoms with E-state index in [-0.39, 0.29) is 0 Å². The van der Waals surface area contributed by atoms with E-state index in [9.17, 15) is 0 Å². The molecule has 1 aromatic heterocycles. The number of benzene rings is 1. The van der Waals surface area contributed by atoms with Crippen LogP contribution < -0.4 is 10.1 Å². The quantitative estimate of drug-likeness (QED) is 0.927. The van der Waals surface area contributed by atoms with Gasteiger partial charge >= 0.3 is 0 Å². The average Bonchev–Trinajstić information content (AvgIpc) is 2.53. The van der Waals surface area contributed by atoms with Crippen molar-refractivity contribution in [3.63, 3.8) is 0 Å². The van der Waals surface area contributed by atoms with Gasteiger partial charge < -0.3 is 14.8 Å². The number of para-hydroxylation sites is 1. The van der Waals surface area contributed by atoms with Gasteiger partial charge in [0.2, 0.25) is 0 Å². The maximum atomic E-state index is 5.46. The first-order valence-corrected chi connectivity index (χ1v) is 6.78. The van der Waals surface area contributed by atoms with Crippen LogP contribution in [0, 0.1) is 0 Å². The first-order valence-electron chi connectivity index (χ1n) is 6.78. The molecule has 0 aliphatic carbocycles. The molecule has 0 radical (unpaired) electrons. The highest BCUT2D eigenvalue weighted by Gasteiger charge is 2.11. The van der Waals surface area contributed by atoms with Gasteiger partial charge in [0, 0.05) is 29.8 Å². The molecule has 1 aromatic carbocycles. The minimum absolute atomic E-state index is 0.659. The van der Waals surface area contributed by atoms with Crippen molar-refractivity contribution < 1.29 is 9.47 Å². The molecule has 0 saturated heterocycles. The summed E-state index contributed by atoms with van der Waals surface area (Å²) in [5.74, 6) is 0.897. The van der Waals surface area contributed by atoms with E-state index in [1.807, 2.05) is 24.4 Å². The minimum atomic E-state index is 0.659. The van der Waals surface area contributed by atoms with E-state index in [0.717, 1.165) is 35.7 Å². The molecule has 0 spiro atoms. The Kier molecular flexibility index (Phi) is 3.83. The van der Waals surface area contributed by atoms with Crippen LogP contribution in [0.4, 0.5) is 5.69 Å². The largest absolute Gasteiger partial charge is 0.496 e. The molecule has 1 N–H and O–H groups in total. The number of fused-ring (bicyclic) bond motifs is 1. The molecule has 4 heteroatoms. The standard InChI is InChI=1S/C16H18N2O2/c1-19-16-5-3-2-4-12(16)9-17-14-8-13-11-20-7-6-15(13)18-10-14/h2-5,8,10,17H,6-7,9,11H2,1H3.